The fourth-order valence-electron chi connectivity index (χ4n) is 3.10. The number of rotatable bonds is 3. The molecule has 21 heavy (non-hydrogen) atoms. The molecule has 1 spiro atoms. The smallest absolute Gasteiger partial charge is 0.311 e. The van der Waals surface area contributed by atoms with Crippen LogP contribution in [0.15, 0.2) is 10.7 Å². The maximum atomic E-state index is 12.7. The number of hydrogen-bond donors (Lipinski definition) is 1. The Morgan fingerprint density at radius 1 is 1.43 bits per heavy atom. The highest BCUT2D eigenvalue weighted by molar-refractivity contribution is 5.97. The van der Waals surface area contributed by atoms with Gasteiger partial charge in [-0.1, -0.05) is 0 Å². The molecule has 6 nitrogen and oxygen atoms in total. The van der Waals surface area contributed by atoms with Crippen LogP contribution in [0.5, 0.6) is 0 Å². The van der Waals surface area contributed by atoms with Crippen LogP contribution in [0.25, 0.3) is 0 Å². The van der Waals surface area contributed by atoms with Crippen molar-refractivity contribution in [2.24, 2.45) is 0 Å². The first kappa shape index (κ1) is 14.1. The second-order valence-corrected chi connectivity index (χ2v) is 5.90. The summed E-state index contributed by atoms with van der Waals surface area (Å²) in [5.74, 6) is -0.915. The number of nitrogens with zero attached hydrogens (tertiary/aromatic N) is 1. The van der Waals surface area contributed by atoms with Gasteiger partial charge in [0.2, 0.25) is 0 Å². The van der Waals surface area contributed by atoms with Crippen LogP contribution >= 0.6 is 0 Å². The van der Waals surface area contributed by atoms with E-state index < -0.39 is 5.97 Å². The zero-order valence-corrected chi connectivity index (χ0v) is 12.1. The average molecular weight is 293 g/mol. The molecule has 114 valence electrons. The predicted octanol–water partition coefficient (Wildman–Crippen LogP) is 1.61. The zero-order valence-electron chi connectivity index (χ0n) is 12.1. The Hall–Kier alpha value is -1.82. The van der Waals surface area contributed by atoms with Gasteiger partial charge in [-0.3, -0.25) is 9.59 Å². The summed E-state index contributed by atoms with van der Waals surface area (Å²) in [5.41, 5.74) is 0.914. The molecule has 1 saturated carbocycles. The van der Waals surface area contributed by atoms with Gasteiger partial charge in [0.05, 0.1) is 30.6 Å². The largest absolute Gasteiger partial charge is 0.481 e. The van der Waals surface area contributed by atoms with E-state index in [4.69, 9.17) is 14.3 Å². The van der Waals surface area contributed by atoms with Gasteiger partial charge in [-0.25, -0.2) is 0 Å². The number of ether oxygens (including phenoxy) is 1. The van der Waals surface area contributed by atoms with Gasteiger partial charge in [-0.2, -0.15) is 0 Å². The number of furan rings is 1. The van der Waals surface area contributed by atoms with Gasteiger partial charge in [0.1, 0.15) is 12.2 Å². The molecule has 3 rings (SSSR count). The van der Waals surface area contributed by atoms with Gasteiger partial charge >= 0.3 is 5.97 Å². The Kier molecular flexibility index (Phi) is 3.49. The third-order valence-electron chi connectivity index (χ3n) is 4.38. The van der Waals surface area contributed by atoms with Crippen molar-refractivity contribution in [2.45, 2.75) is 38.2 Å². The van der Waals surface area contributed by atoms with Crippen molar-refractivity contribution < 1.29 is 23.8 Å². The van der Waals surface area contributed by atoms with Crippen molar-refractivity contribution in [3.8, 4) is 0 Å². The lowest BCUT2D eigenvalue weighted by Crippen LogP contribution is -2.57. The van der Waals surface area contributed by atoms with Crippen LogP contribution in [0.1, 0.15) is 40.9 Å². The van der Waals surface area contributed by atoms with E-state index in [2.05, 4.69) is 0 Å². The van der Waals surface area contributed by atoms with E-state index in [0.29, 0.717) is 30.8 Å². The minimum absolute atomic E-state index is 0.146. The molecule has 1 amide bonds. The molecule has 1 saturated heterocycles. The molecule has 1 aliphatic heterocycles. The Morgan fingerprint density at radius 3 is 2.81 bits per heavy atom. The van der Waals surface area contributed by atoms with E-state index >= 15 is 0 Å². The molecule has 0 aromatic carbocycles. The Bertz CT molecular complexity index is 573. The van der Waals surface area contributed by atoms with Crippen molar-refractivity contribution in [3.63, 3.8) is 0 Å². The lowest BCUT2D eigenvalue weighted by atomic mass is 9.78. The lowest BCUT2D eigenvalue weighted by molar-refractivity contribution is -0.142. The second-order valence-electron chi connectivity index (χ2n) is 5.90. The van der Waals surface area contributed by atoms with E-state index in [0.717, 1.165) is 19.3 Å². The summed E-state index contributed by atoms with van der Waals surface area (Å²) in [4.78, 5) is 25.4. The summed E-state index contributed by atoms with van der Waals surface area (Å²) >= 11 is 0. The van der Waals surface area contributed by atoms with Gasteiger partial charge in [0.25, 0.3) is 5.91 Å². The van der Waals surface area contributed by atoms with Crippen molar-refractivity contribution >= 4 is 11.9 Å². The third-order valence-corrected chi connectivity index (χ3v) is 4.38. The molecule has 0 atom stereocenters. The molecule has 1 aromatic heterocycles. The number of amides is 1. The van der Waals surface area contributed by atoms with Crippen LogP contribution in [-0.2, 0) is 16.0 Å². The predicted molar refractivity (Wildman–Crippen MR) is 73.2 cm³/mol. The fourth-order valence-corrected chi connectivity index (χ4v) is 3.10. The fraction of sp³-hybridized carbons (Fsp3) is 0.600. The lowest BCUT2D eigenvalue weighted by Gasteiger charge is -2.48. The molecule has 1 aliphatic carbocycles. The number of morpholine rings is 1. The van der Waals surface area contributed by atoms with E-state index in [1.165, 1.54) is 6.26 Å². The number of hydrogen-bond acceptors (Lipinski definition) is 4. The van der Waals surface area contributed by atoms with E-state index in [1.54, 1.807) is 11.8 Å². The molecule has 1 N–H and O–H groups in total. The maximum Gasteiger partial charge on any atom is 0.311 e. The first-order valence-corrected chi connectivity index (χ1v) is 7.23. The molecule has 0 bridgehead atoms. The molecule has 2 heterocycles. The number of carbonyl (C=O) groups excluding carboxylic acids is 1. The van der Waals surface area contributed by atoms with Gasteiger partial charge in [0.15, 0.2) is 0 Å². The number of aliphatic carboxylic acids is 1. The summed E-state index contributed by atoms with van der Waals surface area (Å²) in [6, 6.07) is 0. The van der Waals surface area contributed by atoms with Crippen molar-refractivity contribution in [2.75, 3.05) is 19.7 Å². The first-order chi connectivity index (χ1) is 10.0. The highest BCUT2D eigenvalue weighted by atomic mass is 16.5. The standard InChI is InChI=1S/C15H19NO5/c1-10-8-20-11(7-12(17)18)13(10)14(19)16-5-6-21-15(9-16)3-2-4-15/h8H,2-7,9H2,1H3,(H,17,18). The Balaban J connectivity index is 1.81. The topological polar surface area (TPSA) is 80.0 Å². The summed E-state index contributed by atoms with van der Waals surface area (Å²) in [6.07, 6.45) is 4.29. The van der Waals surface area contributed by atoms with Crippen LogP contribution in [-0.4, -0.2) is 47.2 Å². The summed E-state index contributed by atoms with van der Waals surface area (Å²) < 4.78 is 11.1. The van der Waals surface area contributed by atoms with E-state index in [-0.39, 0.29) is 23.7 Å². The molecule has 6 heteroatoms. The van der Waals surface area contributed by atoms with E-state index in [1.807, 2.05) is 0 Å². The van der Waals surface area contributed by atoms with Crippen LogP contribution in [0.3, 0.4) is 0 Å². The molecule has 2 aliphatic rings. The van der Waals surface area contributed by atoms with Gasteiger partial charge < -0.3 is 19.2 Å². The highest BCUT2D eigenvalue weighted by Crippen LogP contribution is 2.38. The molecular weight excluding hydrogens is 274 g/mol. The van der Waals surface area contributed by atoms with Crippen LogP contribution in [0.4, 0.5) is 0 Å². The van der Waals surface area contributed by atoms with Gasteiger partial charge in [-0.15, -0.1) is 0 Å². The number of carboxylic acids is 1. The minimum Gasteiger partial charge on any atom is -0.481 e. The monoisotopic (exact) mass is 293 g/mol. The van der Waals surface area contributed by atoms with E-state index in [9.17, 15) is 9.59 Å². The Labute approximate surface area is 122 Å². The highest BCUT2D eigenvalue weighted by Gasteiger charge is 2.43. The molecule has 1 aromatic rings. The summed E-state index contributed by atoms with van der Waals surface area (Å²) in [7, 11) is 0. The van der Waals surface area contributed by atoms with Crippen LogP contribution < -0.4 is 0 Å². The number of carbonyl (C=O) groups is 2. The average Bonchev–Trinajstić information content (AvgIpc) is 2.76. The Morgan fingerprint density at radius 2 is 2.19 bits per heavy atom. The van der Waals surface area contributed by atoms with Gasteiger partial charge in [0, 0.05) is 12.1 Å². The third kappa shape index (κ3) is 2.55. The number of carboxylic acid groups (broad SMARTS) is 1. The SMILES string of the molecule is Cc1coc(CC(=O)O)c1C(=O)N1CCOC2(CCC2)C1. The summed E-state index contributed by atoms with van der Waals surface area (Å²) in [6.45, 7) is 3.43. The van der Waals surface area contributed by atoms with Gasteiger partial charge in [-0.05, 0) is 26.2 Å². The molecule has 0 radical (unpaired) electrons. The van der Waals surface area contributed by atoms with Crippen molar-refractivity contribution in [1.29, 1.82) is 0 Å². The molecule has 0 unspecified atom stereocenters. The number of aryl methyl sites for hydroxylation is 1. The van der Waals surface area contributed by atoms with Crippen molar-refractivity contribution in [3.05, 3.63) is 23.2 Å². The maximum absolute atomic E-state index is 12.7. The normalized spacial score (nSPS) is 20.3. The molecular formula is C15H19NO5. The van der Waals surface area contributed by atoms with Crippen LogP contribution in [0, 0.1) is 6.92 Å². The zero-order chi connectivity index (χ0) is 15.0. The second kappa shape index (κ2) is 5.18. The molecule has 2 fully saturated rings. The minimum atomic E-state index is -1.00. The first-order valence-electron chi connectivity index (χ1n) is 7.23. The van der Waals surface area contributed by atoms with Crippen molar-refractivity contribution in [1.82, 2.24) is 4.90 Å². The van der Waals surface area contributed by atoms with Crippen LogP contribution in [0.2, 0.25) is 0 Å². The summed E-state index contributed by atoms with van der Waals surface area (Å²) in [5, 5.41) is 8.92. The quantitative estimate of drug-likeness (QED) is 0.915.